The van der Waals surface area contributed by atoms with Crippen molar-refractivity contribution in [3.8, 4) is 0 Å². The number of nitrogens with one attached hydrogen (secondary N) is 2. The molecule has 0 saturated carbocycles. The second kappa shape index (κ2) is 9.79. The van der Waals surface area contributed by atoms with Gasteiger partial charge < -0.3 is 15.7 Å². The average molecular weight is 483 g/mol. The van der Waals surface area contributed by atoms with Crippen LogP contribution < -0.4 is 10.6 Å². The Hall–Kier alpha value is -1.78. The maximum Gasteiger partial charge on any atom is 0.191 e. The van der Waals surface area contributed by atoms with Gasteiger partial charge in [-0.1, -0.05) is 18.2 Å². The maximum atomic E-state index is 10.4. The van der Waals surface area contributed by atoms with Gasteiger partial charge in [-0.2, -0.15) is 0 Å². The third kappa shape index (κ3) is 5.36. The molecule has 0 radical (unpaired) electrons. The minimum atomic E-state index is -0.586. The molecule has 1 unspecified atom stereocenters. The Morgan fingerprint density at radius 1 is 1.27 bits per heavy atom. The third-order valence-corrected chi connectivity index (χ3v) is 4.95. The van der Waals surface area contributed by atoms with Gasteiger partial charge in [-0.25, -0.2) is 9.97 Å². The Labute approximate surface area is 173 Å². The van der Waals surface area contributed by atoms with E-state index in [0.717, 1.165) is 21.8 Å². The molecule has 2 heterocycles. The van der Waals surface area contributed by atoms with Crippen molar-refractivity contribution in [3.05, 3.63) is 59.0 Å². The van der Waals surface area contributed by atoms with E-state index < -0.39 is 6.10 Å². The van der Waals surface area contributed by atoms with Crippen molar-refractivity contribution in [2.24, 2.45) is 4.99 Å². The summed E-state index contributed by atoms with van der Waals surface area (Å²) in [5.74, 6) is 1.36. The van der Waals surface area contributed by atoms with Crippen LogP contribution in [0.25, 0.3) is 10.1 Å². The minimum absolute atomic E-state index is 0. The monoisotopic (exact) mass is 483 g/mol. The van der Waals surface area contributed by atoms with Crippen LogP contribution in [0.3, 0.4) is 0 Å². The van der Waals surface area contributed by atoms with E-state index in [1.807, 2.05) is 31.2 Å². The number of benzene rings is 1. The molecule has 3 aromatic rings. The molecule has 1 aromatic carbocycles. The smallest absolute Gasteiger partial charge is 0.191 e. The zero-order valence-electron chi connectivity index (χ0n) is 14.6. The fraction of sp³-hybridized carbons (Fsp3) is 0.278. The van der Waals surface area contributed by atoms with Gasteiger partial charge in [-0.05, 0) is 30.5 Å². The summed E-state index contributed by atoms with van der Waals surface area (Å²) in [6.45, 7) is 2.79. The Balaban J connectivity index is 0.00000243. The van der Waals surface area contributed by atoms with Crippen LogP contribution in [0.2, 0.25) is 0 Å². The molecule has 26 heavy (non-hydrogen) atoms. The summed E-state index contributed by atoms with van der Waals surface area (Å²) in [6.07, 6.45) is 1.15. The van der Waals surface area contributed by atoms with Gasteiger partial charge in [0.05, 0.1) is 12.2 Å². The molecule has 2 aromatic heterocycles. The van der Waals surface area contributed by atoms with E-state index in [1.165, 1.54) is 4.70 Å². The first-order valence-electron chi connectivity index (χ1n) is 8.05. The molecule has 0 aliphatic rings. The van der Waals surface area contributed by atoms with Gasteiger partial charge in [0.15, 0.2) is 5.96 Å². The number of hydrogen-bond donors (Lipinski definition) is 3. The molecule has 138 valence electrons. The van der Waals surface area contributed by atoms with E-state index in [-0.39, 0.29) is 24.0 Å². The van der Waals surface area contributed by atoms with Gasteiger partial charge in [-0.15, -0.1) is 35.3 Å². The van der Waals surface area contributed by atoms with E-state index in [0.29, 0.717) is 19.0 Å². The quantitative estimate of drug-likeness (QED) is 0.295. The van der Waals surface area contributed by atoms with Crippen LogP contribution >= 0.6 is 35.3 Å². The standard InChI is InChI=1S/C18H21N5OS.HI/c1-12-20-8-7-14(23-12)10-21-18(19-2)22-11-15(24)17-9-13-5-3-4-6-16(13)25-17;/h3-9,15,24H,10-11H2,1-2H3,(H2,19,21,22);1H. The maximum absolute atomic E-state index is 10.4. The third-order valence-electron chi connectivity index (χ3n) is 3.73. The van der Waals surface area contributed by atoms with Crippen molar-refractivity contribution in [1.29, 1.82) is 0 Å². The summed E-state index contributed by atoms with van der Waals surface area (Å²) in [6, 6.07) is 12.0. The molecule has 0 aliphatic heterocycles. The summed E-state index contributed by atoms with van der Waals surface area (Å²) in [7, 11) is 1.70. The number of fused-ring (bicyclic) bond motifs is 1. The molecule has 8 heteroatoms. The van der Waals surface area contributed by atoms with Crippen LogP contribution in [-0.2, 0) is 6.54 Å². The summed E-state index contributed by atoms with van der Waals surface area (Å²) in [4.78, 5) is 13.5. The number of rotatable bonds is 5. The first-order chi connectivity index (χ1) is 12.2. The molecule has 0 saturated heterocycles. The van der Waals surface area contributed by atoms with Gasteiger partial charge in [-0.3, -0.25) is 4.99 Å². The Morgan fingerprint density at radius 3 is 2.81 bits per heavy atom. The number of aryl methyl sites for hydroxylation is 1. The SMILES string of the molecule is CN=C(NCc1ccnc(C)n1)NCC(O)c1cc2ccccc2s1.I. The molecular weight excluding hydrogens is 461 g/mol. The van der Waals surface area contributed by atoms with Crippen LogP contribution in [0.15, 0.2) is 47.6 Å². The number of nitrogens with zero attached hydrogens (tertiary/aromatic N) is 3. The molecule has 0 spiro atoms. The average Bonchev–Trinajstić information content (AvgIpc) is 3.06. The van der Waals surface area contributed by atoms with E-state index >= 15 is 0 Å². The first-order valence-corrected chi connectivity index (χ1v) is 8.87. The lowest BCUT2D eigenvalue weighted by atomic mass is 10.2. The zero-order chi connectivity index (χ0) is 17.6. The molecule has 0 fully saturated rings. The summed E-state index contributed by atoms with van der Waals surface area (Å²) >= 11 is 1.61. The number of halogens is 1. The van der Waals surface area contributed by atoms with Gasteiger partial charge in [0, 0.05) is 29.4 Å². The number of aliphatic hydroxyl groups excluding tert-OH is 1. The lowest BCUT2D eigenvalue weighted by molar-refractivity contribution is 0.184. The number of aliphatic hydroxyl groups is 1. The lowest BCUT2D eigenvalue weighted by Crippen LogP contribution is -2.39. The van der Waals surface area contributed by atoms with Gasteiger partial charge in [0.1, 0.15) is 11.9 Å². The highest BCUT2D eigenvalue weighted by Gasteiger charge is 2.12. The Morgan fingerprint density at radius 2 is 2.08 bits per heavy atom. The predicted molar refractivity (Wildman–Crippen MR) is 117 cm³/mol. The Bertz CT molecular complexity index is 850. The van der Waals surface area contributed by atoms with E-state index in [2.05, 4.69) is 37.7 Å². The number of aliphatic imine (C=N–C) groups is 1. The van der Waals surface area contributed by atoms with E-state index in [4.69, 9.17) is 0 Å². The molecule has 1 atom stereocenters. The highest BCUT2D eigenvalue weighted by molar-refractivity contribution is 14.0. The molecule has 3 N–H and O–H groups in total. The van der Waals surface area contributed by atoms with Crippen molar-refractivity contribution >= 4 is 51.4 Å². The zero-order valence-corrected chi connectivity index (χ0v) is 17.8. The minimum Gasteiger partial charge on any atom is -0.386 e. The van der Waals surface area contributed by atoms with Crippen LogP contribution in [0.4, 0.5) is 0 Å². The molecule has 3 rings (SSSR count). The fourth-order valence-electron chi connectivity index (χ4n) is 2.46. The second-order valence-electron chi connectivity index (χ2n) is 5.60. The molecular formula is C18H22IN5OS. The Kier molecular flexibility index (Phi) is 7.73. The van der Waals surface area contributed by atoms with Crippen LogP contribution in [-0.4, -0.2) is 34.6 Å². The van der Waals surface area contributed by atoms with Gasteiger partial charge >= 0.3 is 0 Å². The summed E-state index contributed by atoms with van der Waals surface area (Å²) < 4.78 is 1.18. The number of guanidine groups is 1. The van der Waals surface area contributed by atoms with E-state index in [1.54, 1.807) is 24.6 Å². The van der Waals surface area contributed by atoms with Crippen LogP contribution in [0, 0.1) is 6.92 Å². The second-order valence-corrected chi connectivity index (χ2v) is 6.72. The molecule has 0 aliphatic carbocycles. The van der Waals surface area contributed by atoms with Crippen LogP contribution in [0.5, 0.6) is 0 Å². The topological polar surface area (TPSA) is 82.4 Å². The number of aromatic nitrogens is 2. The summed E-state index contributed by atoms with van der Waals surface area (Å²) in [5, 5.41) is 17.9. The van der Waals surface area contributed by atoms with Gasteiger partial charge in [0.25, 0.3) is 0 Å². The highest BCUT2D eigenvalue weighted by atomic mass is 127. The molecule has 0 bridgehead atoms. The first kappa shape index (κ1) is 20.5. The van der Waals surface area contributed by atoms with Crippen molar-refractivity contribution in [3.63, 3.8) is 0 Å². The van der Waals surface area contributed by atoms with E-state index in [9.17, 15) is 5.11 Å². The van der Waals surface area contributed by atoms with Crippen molar-refractivity contribution in [2.75, 3.05) is 13.6 Å². The number of hydrogen-bond acceptors (Lipinski definition) is 5. The van der Waals surface area contributed by atoms with Crippen LogP contribution in [0.1, 0.15) is 22.5 Å². The normalized spacial score (nSPS) is 12.5. The van der Waals surface area contributed by atoms with Crippen molar-refractivity contribution in [2.45, 2.75) is 19.6 Å². The van der Waals surface area contributed by atoms with Crippen molar-refractivity contribution < 1.29 is 5.11 Å². The predicted octanol–water partition coefficient (Wildman–Crippen LogP) is 3.02. The number of thiophene rings is 1. The molecule has 0 amide bonds. The van der Waals surface area contributed by atoms with Crippen molar-refractivity contribution in [1.82, 2.24) is 20.6 Å². The lowest BCUT2D eigenvalue weighted by Gasteiger charge is -2.14. The largest absolute Gasteiger partial charge is 0.386 e. The fourth-order valence-corrected chi connectivity index (χ4v) is 3.51. The molecule has 6 nitrogen and oxygen atoms in total. The highest BCUT2D eigenvalue weighted by Crippen LogP contribution is 2.29. The van der Waals surface area contributed by atoms with Gasteiger partial charge in [0.2, 0.25) is 0 Å². The summed E-state index contributed by atoms with van der Waals surface area (Å²) in [5.41, 5.74) is 0.889.